The Morgan fingerprint density at radius 2 is 1.72 bits per heavy atom. The van der Waals surface area contributed by atoms with Crippen LogP contribution in [0.25, 0.3) is 11.1 Å². The Morgan fingerprint density at radius 3 is 2.33 bits per heavy atom. The Balaban J connectivity index is 1.68. The van der Waals surface area contributed by atoms with Gasteiger partial charge in [0.1, 0.15) is 5.75 Å². The van der Waals surface area contributed by atoms with E-state index in [1.165, 1.54) is 0 Å². The Hall–Kier alpha value is -3.89. The number of benzene rings is 2. The van der Waals surface area contributed by atoms with Crippen molar-refractivity contribution in [3.8, 4) is 16.9 Å². The number of nitrogen functional groups attached to an aromatic ring is 1. The molecule has 5 rings (SSSR count). The lowest BCUT2D eigenvalue weighted by molar-refractivity contribution is -0.189. The van der Waals surface area contributed by atoms with Crippen LogP contribution in [0.4, 0.5) is 5.69 Å². The van der Waals surface area contributed by atoms with Crippen molar-refractivity contribution in [3.05, 3.63) is 47.5 Å². The summed E-state index contributed by atoms with van der Waals surface area (Å²) in [7, 11) is 0. The molecule has 36 heavy (non-hydrogen) atoms. The van der Waals surface area contributed by atoms with Crippen LogP contribution in [0.15, 0.2) is 36.4 Å². The van der Waals surface area contributed by atoms with Crippen molar-refractivity contribution in [3.63, 3.8) is 0 Å². The van der Waals surface area contributed by atoms with Crippen LogP contribution in [0.3, 0.4) is 0 Å². The molecule has 186 valence electrons. The number of fused-ring (bicyclic) bond motifs is 3. The van der Waals surface area contributed by atoms with E-state index in [2.05, 4.69) is 0 Å². The molecule has 2 saturated carbocycles. The van der Waals surface area contributed by atoms with E-state index in [1.807, 2.05) is 0 Å². The van der Waals surface area contributed by atoms with Crippen LogP contribution < -0.4 is 11.5 Å². The molecule has 10 nitrogen and oxygen atoms in total. The van der Waals surface area contributed by atoms with Crippen LogP contribution in [-0.2, 0) is 19.2 Å². The molecule has 0 spiro atoms. The number of phenols is 1. The molecule has 3 aliphatic rings. The lowest BCUT2D eigenvalue weighted by Crippen LogP contribution is -2.72. The number of aliphatic hydroxyl groups is 2. The first kappa shape index (κ1) is 23.8. The molecule has 0 bridgehead atoms. The maximum Gasteiger partial charge on any atom is 0.235 e. The Bertz CT molecular complexity index is 1370. The number of carbonyl (C=O) groups excluding carboxylic acids is 5. The fraction of sp³-hybridized carbons (Fsp3) is 0.346. The van der Waals surface area contributed by atoms with Crippen molar-refractivity contribution in [2.45, 2.75) is 31.0 Å². The summed E-state index contributed by atoms with van der Waals surface area (Å²) in [6.07, 6.45) is -2.26. The number of Topliss-reactive ketones (excluding diaryl/α,β-unsaturated/α-hetero) is 4. The molecule has 0 radical (unpaired) electrons. The average Bonchev–Trinajstić information content (AvgIpc) is 2.83. The minimum Gasteiger partial charge on any atom is -0.505 e. The average molecular weight is 492 g/mol. The van der Waals surface area contributed by atoms with Crippen molar-refractivity contribution in [1.29, 1.82) is 0 Å². The minimum absolute atomic E-state index is 0.0903. The van der Waals surface area contributed by atoms with Crippen molar-refractivity contribution < 1.29 is 39.3 Å². The molecule has 2 aromatic carbocycles. The number of anilines is 1. The van der Waals surface area contributed by atoms with Crippen molar-refractivity contribution in [2.24, 2.45) is 29.4 Å². The van der Waals surface area contributed by atoms with Gasteiger partial charge in [-0.25, -0.2) is 0 Å². The van der Waals surface area contributed by atoms with Gasteiger partial charge in [-0.2, -0.15) is 0 Å². The van der Waals surface area contributed by atoms with E-state index in [0.717, 1.165) is 0 Å². The van der Waals surface area contributed by atoms with E-state index < -0.39 is 82.5 Å². The zero-order valence-corrected chi connectivity index (χ0v) is 19.2. The number of aliphatic hydroxyl groups excluding tert-OH is 1. The van der Waals surface area contributed by atoms with Gasteiger partial charge in [0.2, 0.25) is 5.91 Å². The first-order valence-electron chi connectivity index (χ1n) is 11.5. The summed E-state index contributed by atoms with van der Waals surface area (Å²) in [5, 5.41) is 33.5. The standard InChI is InChI=1S/C26H24N2O8/c1-9-11-7-12(10-5-3-2-4-6-10)19(27)22(32)16(11)21(31)18-15(9)20(30)13-8-14(29)17(25(28)35)23(33)26(13,36)24(18)34/h2-7,9,13,15,17-18,20,30,32,36H,8,27H2,1H3,(H2,28,35)/t9-,13+,15+,17?,18?,20+,26+/m0/s1. The van der Waals surface area contributed by atoms with Gasteiger partial charge in [-0.3, -0.25) is 24.0 Å². The number of aromatic hydroxyl groups is 1. The largest absolute Gasteiger partial charge is 0.505 e. The molecule has 7 atom stereocenters. The van der Waals surface area contributed by atoms with Gasteiger partial charge in [0.15, 0.2) is 34.7 Å². The number of carbonyl (C=O) groups is 5. The normalized spacial score (nSPS) is 33.5. The molecule has 0 heterocycles. The lowest BCUT2D eigenvalue weighted by atomic mass is 9.50. The summed E-state index contributed by atoms with van der Waals surface area (Å²) in [6, 6.07) is 10.5. The second kappa shape index (κ2) is 7.81. The topological polar surface area (TPSA) is 198 Å². The van der Waals surface area contributed by atoms with Crippen LogP contribution in [0.1, 0.15) is 35.2 Å². The number of rotatable bonds is 2. The van der Waals surface area contributed by atoms with Gasteiger partial charge in [0, 0.05) is 23.8 Å². The molecule has 0 saturated heterocycles. The third kappa shape index (κ3) is 2.88. The highest BCUT2D eigenvalue weighted by atomic mass is 16.3. The van der Waals surface area contributed by atoms with Gasteiger partial charge in [-0.1, -0.05) is 37.3 Å². The van der Waals surface area contributed by atoms with Gasteiger partial charge in [-0.05, 0) is 23.1 Å². The fourth-order valence-electron chi connectivity index (χ4n) is 6.29. The Labute approximate surface area is 204 Å². The molecule has 1 amide bonds. The Kier molecular flexibility index (Phi) is 5.17. The highest BCUT2D eigenvalue weighted by Gasteiger charge is 2.69. The molecule has 10 heteroatoms. The highest BCUT2D eigenvalue weighted by molar-refractivity contribution is 6.31. The summed E-state index contributed by atoms with van der Waals surface area (Å²) >= 11 is 0. The van der Waals surface area contributed by atoms with Gasteiger partial charge in [0.05, 0.1) is 23.3 Å². The number of nitrogens with two attached hydrogens (primary N) is 2. The second-order valence-electron chi connectivity index (χ2n) is 9.82. The van der Waals surface area contributed by atoms with Crippen LogP contribution in [0.5, 0.6) is 5.75 Å². The lowest BCUT2D eigenvalue weighted by Gasteiger charge is -2.52. The third-order valence-corrected chi connectivity index (χ3v) is 8.10. The van der Waals surface area contributed by atoms with Crippen LogP contribution >= 0.6 is 0 Å². The molecule has 0 aromatic heterocycles. The zero-order chi connectivity index (χ0) is 26.3. The summed E-state index contributed by atoms with van der Waals surface area (Å²) in [5.74, 6) is -13.5. The van der Waals surface area contributed by atoms with Gasteiger partial charge >= 0.3 is 0 Å². The summed E-state index contributed by atoms with van der Waals surface area (Å²) < 4.78 is 0. The van der Waals surface area contributed by atoms with Gasteiger partial charge < -0.3 is 26.8 Å². The maximum absolute atomic E-state index is 13.6. The monoisotopic (exact) mass is 492 g/mol. The third-order valence-electron chi connectivity index (χ3n) is 8.10. The van der Waals surface area contributed by atoms with Crippen molar-refractivity contribution in [1.82, 2.24) is 0 Å². The number of hydrogen-bond donors (Lipinski definition) is 5. The van der Waals surface area contributed by atoms with E-state index >= 15 is 0 Å². The predicted molar refractivity (Wildman–Crippen MR) is 124 cm³/mol. The summed E-state index contributed by atoms with van der Waals surface area (Å²) in [5.41, 5.74) is 9.53. The van der Waals surface area contributed by atoms with E-state index in [4.69, 9.17) is 11.5 Å². The molecule has 2 aromatic rings. The van der Waals surface area contributed by atoms with E-state index in [9.17, 15) is 39.3 Å². The van der Waals surface area contributed by atoms with E-state index in [1.54, 1.807) is 43.3 Å². The van der Waals surface area contributed by atoms with Crippen LogP contribution in [0, 0.1) is 23.7 Å². The zero-order valence-electron chi connectivity index (χ0n) is 19.2. The molecule has 3 aliphatic carbocycles. The van der Waals surface area contributed by atoms with Gasteiger partial charge in [0.25, 0.3) is 0 Å². The predicted octanol–water partition coefficient (Wildman–Crippen LogP) is 0.108. The van der Waals surface area contributed by atoms with E-state index in [-0.39, 0.29) is 11.3 Å². The summed E-state index contributed by atoms with van der Waals surface area (Å²) in [4.78, 5) is 64.6. The molecule has 7 N–H and O–H groups in total. The molecule has 2 fully saturated rings. The molecular weight excluding hydrogens is 468 g/mol. The van der Waals surface area contributed by atoms with Crippen molar-refractivity contribution >= 4 is 34.7 Å². The first-order valence-corrected chi connectivity index (χ1v) is 11.5. The number of phenolic OH excluding ortho intramolecular Hbond substituents is 1. The fourth-order valence-corrected chi connectivity index (χ4v) is 6.29. The van der Waals surface area contributed by atoms with Crippen molar-refractivity contribution in [2.75, 3.05) is 5.73 Å². The maximum atomic E-state index is 13.6. The van der Waals surface area contributed by atoms with Crippen LogP contribution in [-0.4, -0.2) is 56.1 Å². The molecular formula is C26H24N2O8. The summed E-state index contributed by atoms with van der Waals surface area (Å²) in [6.45, 7) is 1.65. The second-order valence-corrected chi connectivity index (χ2v) is 9.82. The molecule has 2 unspecified atom stereocenters. The SMILES string of the molecule is C[C@H]1c2cc(-c3ccccc3)c(N)c(O)c2C(=O)C2C(=O)[C@]3(O)C(=O)C(C(N)=O)C(=O)C[C@@H]3[C@@H](O)[C@@H]21. The Morgan fingerprint density at radius 1 is 1.08 bits per heavy atom. The number of ketones is 4. The quantitative estimate of drug-likeness (QED) is 0.219. The number of hydrogen-bond acceptors (Lipinski definition) is 9. The molecule has 0 aliphatic heterocycles. The van der Waals surface area contributed by atoms with Gasteiger partial charge in [-0.15, -0.1) is 0 Å². The number of primary amides is 1. The number of amides is 1. The van der Waals surface area contributed by atoms with E-state index in [0.29, 0.717) is 16.7 Å². The first-order chi connectivity index (χ1) is 16.9. The highest BCUT2D eigenvalue weighted by Crippen LogP contribution is 2.55. The van der Waals surface area contributed by atoms with Crippen LogP contribution in [0.2, 0.25) is 0 Å². The minimum atomic E-state index is -2.95. The smallest absolute Gasteiger partial charge is 0.235 e.